The van der Waals surface area contributed by atoms with Gasteiger partial charge < -0.3 is 13.9 Å². The van der Waals surface area contributed by atoms with E-state index in [1.807, 2.05) is 6.07 Å². The number of para-hydroxylation sites is 4. The van der Waals surface area contributed by atoms with Crippen molar-refractivity contribution in [3.8, 4) is 50.2 Å². The first-order chi connectivity index (χ1) is 33.2. The molecule has 67 heavy (non-hydrogen) atoms. The topological polar surface area (TPSA) is 21.3 Å². The van der Waals surface area contributed by atoms with Crippen molar-refractivity contribution in [2.75, 3.05) is 4.90 Å². The summed E-state index contributed by atoms with van der Waals surface area (Å²) >= 11 is 0. The third-order valence-electron chi connectivity index (χ3n) is 13.4. The lowest BCUT2D eigenvalue weighted by molar-refractivity contribution is 0.669. The molecule has 0 saturated heterocycles. The molecule has 0 N–H and O–H groups in total. The maximum Gasteiger partial charge on any atom is 0.136 e. The molecule has 0 aliphatic rings. The third kappa shape index (κ3) is 6.59. The zero-order chi connectivity index (χ0) is 44.3. The Bertz CT molecular complexity index is 3930. The van der Waals surface area contributed by atoms with E-state index in [0.29, 0.717) is 0 Å². The molecule has 0 radical (unpaired) electrons. The highest BCUT2D eigenvalue weighted by molar-refractivity contribution is 6.14. The van der Waals surface area contributed by atoms with Crippen molar-refractivity contribution in [2.24, 2.45) is 0 Å². The van der Waals surface area contributed by atoms with E-state index in [4.69, 9.17) is 4.42 Å². The summed E-state index contributed by atoms with van der Waals surface area (Å²) in [7, 11) is 0. The molecule has 2 aromatic heterocycles. The summed E-state index contributed by atoms with van der Waals surface area (Å²) < 4.78 is 8.79. The number of nitrogens with zero attached hydrogens (tertiary/aromatic N) is 2. The SMILES string of the molecule is c1cc(-c2ccc(N(c3ccc(-c4cccc(-n5c6ccccc6c6ccccc65)c4)cc3)c3ccccc3-c3cccc4oc5ccccc5c34)cc2)cc(-c2cccc3ccccc23)c1. The monoisotopic (exact) mass is 854 g/mol. The number of furan rings is 1. The van der Waals surface area contributed by atoms with Gasteiger partial charge in [-0.05, 0) is 123 Å². The van der Waals surface area contributed by atoms with Crippen LogP contribution in [0.2, 0.25) is 0 Å². The van der Waals surface area contributed by atoms with Crippen molar-refractivity contribution in [1.82, 2.24) is 4.57 Å². The zero-order valence-corrected chi connectivity index (χ0v) is 36.6. The fraction of sp³-hybridized carbons (Fsp3) is 0. The molecule has 0 bridgehead atoms. The largest absolute Gasteiger partial charge is 0.456 e. The Kier molecular flexibility index (Phi) is 9.17. The van der Waals surface area contributed by atoms with Gasteiger partial charge in [-0.15, -0.1) is 0 Å². The predicted molar refractivity (Wildman–Crippen MR) is 282 cm³/mol. The summed E-state index contributed by atoms with van der Waals surface area (Å²) in [6, 6.07) is 91.9. The Labute approximate surface area is 388 Å². The molecule has 0 aliphatic heterocycles. The molecular weight excluding hydrogens is 813 g/mol. The second kappa shape index (κ2) is 16.0. The van der Waals surface area contributed by atoms with E-state index >= 15 is 0 Å². The Hall–Kier alpha value is -8.92. The van der Waals surface area contributed by atoms with Crippen LogP contribution >= 0.6 is 0 Å². The van der Waals surface area contributed by atoms with E-state index in [9.17, 15) is 0 Å². The maximum atomic E-state index is 6.41. The highest BCUT2D eigenvalue weighted by Gasteiger charge is 2.21. The van der Waals surface area contributed by atoms with Gasteiger partial charge in [0.05, 0.1) is 16.7 Å². The van der Waals surface area contributed by atoms with Crippen LogP contribution in [0.3, 0.4) is 0 Å². The molecule has 0 atom stereocenters. The van der Waals surface area contributed by atoms with Gasteiger partial charge in [-0.1, -0.05) is 182 Å². The first-order valence-electron chi connectivity index (χ1n) is 22.9. The molecule has 0 spiro atoms. The lowest BCUT2D eigenvalue weighted by atomic mass is 9.95. The number of hydrogen-bond donors (Lipinski definition) is 0. The van der Waals surface area contributed by atoms with Crippen LogP contribution in [0.25, 0.3) is 105 Å². The van der Waals surface area contributed by atoms with Crippen molar-refractivity contribution >= 4 is 71.6 Å². The van der Waals surface area contributed by atoms with Gasteiger partial charge in [-0.25, -0.2) is 0 Å². The van der Waals surface area contributed by atoms with Gasteiger partial charge in [-0.2, -0.15) is 0 Å². The molecule has 13 rings (SSSR count). The lowest BCUT2D eigenvalue weighted by Crippen LogP contribution is -2.11. The van der Waals surface area contributed by atoms with Gasteiger partial charge in [0.25, 0.3) is 0 Å². The normalized spacial score (nSPS) is 11.6. The standard InChI is InChI=1S/C64H42N2O/c1-2-21-52-45(15-1)16-13-26-53(52)48-19-11-17-46(41-48)43-33-37-49(38-34-43)65(59-28-7-5-24-56(59)57-27-14-32-63-64(57)58-25-6-10-31-62(58)67-63)50-39-35-44(36-40-50)47-18-12-20-51(42-47)66-60-29-8-3-22-54(60)55-23-4-9-30-61(55)66/h1-42H. The molecule has 2 heterocycles. The van der Waals surface area contributed by atoms with Gasteiger partial charge in [0.15, 0.2) is 0 Å². The minimum absolute atomic E-state index is 0.877. The van der Waals surface area contributed by atoms with Crippen LogP contribution in [-0.2, 0) is 0 Å². The molecule has 0 saturated carbocycles. The van der Waals surface area contributed by atoms with Crippen LogP contribution in [0, 0.1) is 0 Å². The molecule has 3 nitrogen and oxygen atoms in total. The number of benzene rings is 11. The Morgan fingerprint density at radius 2 is 0.821 bits per heavy atom. The average molecular weight is 855 g/mol. The average Bonchev–Trinajstić information content (AvgIpc) is 3.96. The van der Waals surface area contributed by atoms with E-state index in [1.165, 1.54) is 49.3 Å². The van der Waals surface area contributed by atoms with Crippen LogP contribution in [0.5, 0.6) is 0 Å². The first kappa shape index (κ1) is 38.5. The van der Waals surface area contributed by atoms with Crippen LogP contribution < -0.4 is 4.90 Å². The summed E-state index contributed by atoms with van der Waals surface area (Å²) in [5, 5.41) is 7.24. The summed E-state index contributed by atoms with van der Waals surface area (Å²) in [6.07, 6.45) is 0. The Morgan fingerprint density at radius 1 is 0.313 bits per heavy atom. The van der Waals surface area contributed by atoms with E-state index in [2.05, 4.69) is 258 Å². The fourth-order valence-electron chi connectivity index (χ4n) is 10.3. The van der Waals surface area contributed by atoms with Gasteiger partial charge >= 0.3 is 0 Å². The third-order valence-corrected chi connectivity index (χ3v) is 13.4. The molecule has 0 fully saturated rings. The van der Waals surface area contributed by atoms with Crippen molar-refractivity contribution in [2.45, 2.75) is 0 Å². The van der Waals surface area contributed by atoms with E-state index in [0.717, 1.165) is 72.5 Å². The van der Waals surface area contributed by atoms with E-state index in [1.54, 1.807) is 0 Å². The van der Waals surface area contributed by atoms with Crippen molar-refractivity contribution in [3.63, 3.8) is 0 Å². The molecule has 11 aromatic carbocycles. The van der Waals surface area contributed by atoms with Crippen LogP contribution in [-0.4, -0.2) is 4.57 Å². The van der Waals surface area contributed by atoms with Crippen molar-refractivity contribution in [1.29, 1.82) is 0 Å². The summed E-state index contributed by atoms with van der Waals surface area (Å²) in [4.78, 5) is 2.39. The second-order valence-electron chi connectivity index (χ2n) is 17.3. The zero-order valence-electron chi connectivity index (χ0n) is 36.6. The van der Waals surface area contributed by atoms with Gasteiger partial charge in [0.2, 0.25) is 0 Å². The summed E-state index contributed by atoms with van der Waals surface area (Å²) in [5.41, 5.74) is 17.8. The van der Waals surface area contributed by atoms with Crippen molar-refractivity contribution in [3.05, 3.63) is 255 Å². The van der Waals surface area contributed by atoms with Crippen LogP contribution in [0.4, 0.5) is 17.1 Å². The van der Waals surface area contributed by atoms with Crippen molar-refractivity contribution < 1.29 is 4.42 Å². The highest BCUT2D eigenvalue weighted by atomic mass is 16.3. The minimum Gasteiger partial charge on any atom is -0.456 e. The summed E-state index contributed by atoms with van der Waals surface area (Å²) in [5.74, 6) is 0. The number of fused-ring (bicyclic) bond motifs is 7. The Balaban J connectivity index is 0.924. The number of aromatic nitrogens is 1. The minimum atomic E-state index is 0.877. The fourth-order valence-corrected chi connectivity index (χ4v) is 10.3. The lowest BCUT2D eigenvalue weighted by Gasteiger charge is -2.28. The molecule has 314 valence electrons. The second-order valence-corrected chi connectivity index (χ2v) is 17.3. The molecule has 0 amide bonds. The predicted octanol–water partition coefficient (Wildman–Crippen LogP) is 18.0. The number of hydrogen-bond acceptors (Lipinski definition) is 2. The van der Waals surface area contributed by atoms with E-state index in [-0.39, 0.29) is 0 Å². The highest BCUT2D eigenvalue weighted by Crippen LogP contribution is 2.46. The van der Waals surface area contributed by atoms with E-state index < -0.39 is 0 Å². The molecule has 3 heteroatoms. The molecule has 0 aliphatic carbocycles. The van der Waals surface area contributed by atoms with Crippen LogP contribution in [0.15, 0.2) is 259 Å². The quantitative estimate of drug-likeness (QED) is 0.152. The molecule has 13 aromatic rings. The smallest absolute Gasteiger partial charge is 0.136 e. The molecule has 0 unspecified atom stereocenters. The first-order valence-corrected chi connectivity index (χ1v) is 22.9. The van der Waals surface area contributed by atoms with Gasteiger partial charge in [0, 0.05) is 44.2 Å². The molecular formula is C64H42N2O. The van der Waals surface area contributed by atoms with Gasteiger partial charge in [-0.3, -0.25) is 0 Å². The number of rotatable bonds is 8. The Morgan fingerprint density at radius 3 is 1.57 bits per heavy atom. The maximum absolute atomic E-state index is 6.41. The van der Waals surface area contributed by atoms with Crippen LogP contribution in [0.1, 0.15) is 0 Å². The number of anilines is 3. The summed E-state index contributed by atoms with van der Waals surface area (Å²) in [6.45, 7) is 0. The van der Waals surface area contributed by atoms with Gasteiger partial charge in [0.1, 0.15) is 11.2 Å².